The molecule has 4 atom stereocenters. The molecule has 3 rings (SSSR count). The normalized spacial score (nSPS) is 40.9. The number of amides is 1. The Bertz CT molecular complexity index is 305. The van der Waals surface area contributed by atoms with Gasteiger partial charge in [-0.3, -0.25) is 4.79 Å². The predicted molar refractivity (Wildman–Crippen MR) is 67.6 cm³/mol. The highest BCUT2D eigenvalue weighted by Gasteiger charge is 2.40. The van der Waals surface area contributed by atoms with Crippen LogP contribution in [0, 0.1) is 17.8 Å². The van der Waals surface area contributed by atoms with Crippen molar-refractivity contribution < 1.29 is 4.79 Å². The van der Waals surface area contributed by atoms with E-state index in [0.29, 0.717) is 17.9 Å². The van der Waals surface area contributed by atoms with Gasteiger partial charge in [0, 0.05) is 32.1 Å². The Kier molecular flexibility index (Phi) is 3.12. The van der Waals surface area contributed by atoms with E-state index < -0.39 is 0 Å². The molecule has 96 valence electrons. The molecule has 1 heterocycles. The van der Waals surface area contributed by atoms with Crippen LogP contribution in [0.1, 0.15) is 39.0 Å². The van der Waals surface area contributed by atoms with Crippen LogP contribution < -0.4 is 5.32 Å². The van der Waals surface area contributed by atoms with Crippen molar-refractivity contribution in [1.29, 1.82) is 0 Å². The Labute approximate surface area is 104 Å². The molecule has 3 fully saturated rings. The highest BCUT2D eigenvalue weighted by molar-refractivity contribution is 5.76. The molecule has 1 N–H and O–H groups in total. The van der Waals surface area contributed by atoms with Crippen molar-refractivity contribution in [3.8, 4) is 0 Å². The second kappa shape index (κ2) is 4.60. The summed E-state index contributed by atoms with van der Waals surface area (Å²) < 4.78 is 0. The third-order valence-electron chi connectivity index (χ3n) is 5.04. The molecule has 0 aromatic carbocycles. The van der Waals surface area contributed by atoms with E-state index in [2.05, 4.69) is 17.1 Å². The second-order valence-corrected chi connectivity index (χ2v) is 6.33. The van der Waals surface area contributed by atoms with Gasteiger partial charge >= 0.3 is 0 Å². The smallest absolute Gasteiger partial charge is 0.222 e. The molecular formula is C14H24N2O. The molecule has 4 unspecified atom stereocenters. The van der Waals surface area contributed by atoms with Gasteiger partial charge < -0.3 is 10.2 Å². The number of hydrogen-bond acceptors (Lipinski definition) is 2. The standard InChI is InChI=1S/C14H24N2O/c1-10-9-16(5-4-15-10)14(17)8-13-7-11-2-3-12(13)6-11/h10-13,15H,2-9H2,1H3. The first-order chi connectivity index (χ1) is 8.22. The summed E-state index contributed by atoms with van der Waals surface area (Å²) in [4.78, 5) is 14.4. The van der Waals surface area contributed by atoms with Crippen molar-refractivity contribution in [1.82, 2.24) is 10.2 Å². The minimum absolute atomic E-state index is 0.413. The lowest BCUT2D eigenvalue weighted by Gasteiger charge is -2.33. The zero-order chi connectivity index (χ0) is 11.8. The lowest BCUT2D eigenvalue weighted by atomic mass is 9.86. The van der Waals surface area contributed by atoms with Crippen LogP contribution in [-0.4, -0.2) is 36.5 Å². The zero-order valence-electron chi connectivity index (χ0n) is 10.8. The Balaban J connectivity index is 1.53. The number of hydrogen-bond donors (Lipinski definition) is 1. The molecule has 3 heteroatoms. The molecule has 0 aromatic heterocycles. The fourth-order valence-electron chi connectivity index (χ4n) is 4.14. The van der Waals surface area contributed by atoms with Gasteiger partial charge in [-0.05, 0) is 43.9 Å². The molecule has 3 nitrogen and oxygen atoms in total. The quantitative estimate of drug-likeness (QED) is 0.790. The highest BCUT2D eigenvalue weighted by Crippen LogP contribution is 2.49. The van der Waals surface area contributed by atoms with Gasteiger partial charge in [-0.15, -0.1) is 0 Å². The van der Waals surface area contributed by atoms with Crippen LogP contribution in [-0.2, 0) is 4.79 Å². The Morgan fingerprint density at radius 3 is 2.88 bits per heavy atom. The number of nitrogens with one attached hydrogen (secondary N) is 1. The summed E-state index contributed by atoms with van der Waals surface area (Å²) >= 11 is 0. The van der Waals surface area contributed by atoms with E-state index in [1.807, 2.05) is 0 Å². The SMILES string of the molecule is CC1CN(C(=O)CC2CC3CCC2C3)CCN1. The van der Waals surface area contributed by atoms with Crippen LogP contribution in [0.4, 0.5) is 0 Å². The Morgan fingerprint density at radius 1 is 1.35 bits per heavy atom. The lowest BCUT2D eigenvalue weighted by molar-refractivity contribution is -0.133. The van der Waals surface area contributed by atoms with Crippen molar-refractivity contribution in [2.24, 2.45) is 17.8 Å². The first kappa shape index (κ1) is 11.5. The van der Waals surface area contributed by atoms with Gasteiger partial charge in [-0.1, -0.05) is 6.42 Å². The molecule has 2 aliphatic carbocycles. The summed E-state index contributed by atoms with van der Waals surface area (Å²) in [5.41, 5.74) is 0. The van der Waals surface area contributed by atoms with Crippen LogP contribution in [0.15, 0.2) is 0 Å². The average molecular weight is 236 g/mol. The molecule has 0 spiro atoms. The van der Waals surface area contributed by atoms with E-state index in [1.165, 1.54) is 25.7 Å². The van der Waals surface area contributed by atoms with E-state index >= 15 is 0 Å². The summed E-state index contributed by atoms with van der Waals surface area (Å²) in [6.45, 7) is 4.93. The van der Waals surface area contributed by atoms with E-state index in [-0.39, 0.29) is 0 Å². The molecule has 3 aliphatic rings. The number of carbonyl (C=O) groups is 1. The predicted octanol–water partition coefficient (Wildman–Crippen LogP) is 1.63. The fraction of sp³-hybridized carbons (Fsp3) is 0.929. The Hall–Kier alpha value is -0.570. The molecule has 17 heavy (non-hydrogen) atoms. The summed E-state index contributed by atoms with van der Waals surface area (Å²) in [5, 5.41) is 3.39. The molecule has 0 radical (unpaired) electrons. The minimum Gasteiger partial charge on any atom is -0.340 e. The molecule has 1 aliphatic heterocycles. The zero-order valence-corrected chi connectivity index (χ0v) is 10.8. The van der Waals surface area contributed by atoms with Crippen LogP contribution in [0.2, 0.25) is 0 Å². The van der Waals surface area contributed by atoms with Gasteiger partial charge in [0.15, 0.2) is 0 Å². The second-order valence-electron chi connectivity index (χ2n) is 6.33. The molecule has 0 aromatic rings. The van der Waals surface area contributed by atoms with Gasteiger partial charge in [-0.2, -0.15) is 0 Å². The fourth-order valence-corrected chi connectivity index (χ4v) is 4.14. The number of carbonyl (C=O) groups excluding carboxylic acids is 1. The maximum absolute atomic E-state index is 12.3. The molecule has 2 saturated carbocycles. The summed E-state index contributed by atoms with van der Waals surface area (Å²) in [7, 11) is 0. The van der Waals surface area contributed by atoms with E-state index in [9.17, 15) is 4.79 Å². The summed E-state index contributed by atoms with van der Waals surface area (Å²) in [6.07, 6.45) is 6.39. The van der Waals surface area contributed by atoms with Gasteiger partial charge in [0.1, 0.15) is 0 Å². The first-order valence-electron chi connectivity index (χ1n) is 7.23. The number of rotatable bonds is 2. The van der Waals surface area contributed by atoms with Crippen LogP contribution in [0.25, 0.3) is 0 Å². The van der Waals surface area contributed by atoms with Gasteiger partial charge in [0.25, 0.3) is 0 Å². The summed E-state index contributed by atoms with van der Waals surface area (Å²) in [5.74, 6) is 2.96. The van der Waals surface area contributed by atoms with Crippen molar-refractivity contribution in [3.05, 3.63) is 0 Å². The maximum Gasteiger partial charge on any atom is 0.222 e. The van der Waals surface area contributed by atoms with Crippen LogP contribution in [0.3, 0.4) is 0 Å². The van der Waals surface area contributed by atoms with Crippen LogP contribution in [0.5, 0.6) is 0 Å². The summed E-state index contributed by atoms with van der Waals surface area (Å²) in [6, 6.07) is 0.465. The Morgan fingerprint density at radius 2 is 2.24 bits per heavy atom. The monoisotopic (exact) mass is 236 g/mol. The van der Waals surface area contributed by atoms with Gasteiger partial charge in [0.05, 0.1) is 0 Å². The van der Waals surface area contributed by atoms with E-state index in [1.54, 1.807) is 0 Å². The van der Waals surface area contributed by atoms with E-state index in [0.717, 1.165) is 37.9 Å². The number of nitrogens with zero attached hydrogens (tertiary/aromatic N) is 1. The van der Waals surface area contributed by atoms with Gasteiger partial charge in [-0.25, -0.2) is 0 Å². The van der Waals surface area contributed by atoms with Crippen molar-refractivity contribution in [2.45, 2.75) is 45.1 Å². The van der Waals surface area contributed by atoms with Crippen molar-refractivity contribution in [2.75, 3.05) is 19.6 Å². The van der Waals surface area contributed by atoms with E-state index in [4.69, 9.17) is 0 Å². The van der Waals surface area contributed by atoms with Gasteiger partial charge in [0.2, 0.25) is 5.91 Å². The number of piperazine rings is 1. The molecule has 1 saturated heterocycles. The highest BCUT2D eigenvalue weighted by atomic mass is 16.2. The minimum atomic E-state index is 0.413. The third-order valence-corrected chi connectivity index (χ3v) is 5.04. The maximum atomic E-state index is 12.3. The average Bonchev–Trinajstić information content (AvgIpc) is 2.91. The van der Waals surface area contributed by atoms with Crippen LogP contribution >= 0.6 is 0 Å². The molecule has 1 amide bonds. The largest absolute Gasteiger partial charge is 0.340 e. The third kappa shape index (κ3) is 2.35. The number of fused-ring (bicyclic) bond motifs is 2. The first-order valence-corrected chi connectivity index (χ1v) is 7.23. The molecular weight excluding hydrogens is 212 g/mol. The van der Waals surface area contributed by atoms with Crippen molar-refractivity contribution in [3.63, 3.8) is 0 Å². The van der Waals surface area contributed by atoms with Crippen molar-refractivity contribution >= 4 is 5.91 Å². The lowest BCUT2D eigenvalue weighted by Crippen LogP contribution is -2.51. The topological polar surface area (TPSA) is 32.3 Å². The molecule has 2 bridgehead atoms.